The van der Waals surface area contributed by atoms with E-state index < -0.39 is 0 Å². The highest BCUT2D eigenvalue weighted by Crippen LogP contribution is 2.02. The van der Waals surface area contributed by atoms with E-state index in [1.54, 1.807) is 0 Å². The molecule has 0 atom stereocenters. The van der Waals surface area contributed by atoms with Crippen molar-refractivity contribution in [2.45, 2.75) is 20.4 Å². The molecule has 0 fully saturated rings. The predicted octanol–water partition coefficient (Wildman–Crippen LogP) is 2.10. The molecule has 0 aromatic heterocycles. The van der Waals surface area contributed by atoms with Gasteiger partial charge < -0.3 is 5.32 Å². The highest BCUT2D eigenvalue weighted by Gasteiger charge is 1.89. The lowest BCUT2D eigenvalue weighted by Crippen LogP contribution is -2.11. The monoisotopic (exact) mass is 149 g/mol. The van der Waals surface area contributed by atoms with Gasteiger partial charge in [0.15, 0.2) is 0 Å². The maximum Gasteiger partial charge on any atom is 0.0205 e. The molecular weight excluding hydrogens is 134 g/mol. The van der Waals surface area contributed by atoms with E-state index in [1.807, 2.05) is 0 Å². The van der Waals surface area contributed by atoms with Gasteiger partial charge in [-0.05, 0) is 19.0 Å². The molecular formula is C10H15N. The van der Waals surface area contributed by atoms with Crippen molar-refractivity contribution in [3.05, 3.63) is 35.4 Å². The van der Waals surface area contributed by atoms with E-state index >= 15 is 0 Å². The van der Waals surface area contributed by atoms with Crippen LogP contribution in [0.25, 0.3) is 0 Å². The van der Waals surface area contributed by atoms with Gasteiger partial charge in [0.2, 0.25) is 0 Å². The van der Waals surface area contributed by atoms with Crippen molar-refractivity contribution in [3.8, 4) is 0 Å². The SMILES string of the molecule is CCNCc1cccc(C)c1. The van der Waals surface area contributed by atoms with Crippen LogP contribution in [0.1, 0.15) is 18.1 Å². The third-order valence-corrected chi connectivity index (χ3v) is 1.66. The van der Waals surface area contributed by atoms with E-state index in [9.17, 15) is 0 Å². The molecule has 0 saturated carbocycles. The molecule has 1 heteroatoms. The first-order valence-electron chi connectivity index (χ1n) is 4.09. The second kappa shape index (κ2) is 4.14. The van der Waals surface area contributed by atoms with Crippen molar-refractivity contribution < 1.29 is 0 Å². The molecule has 0 radical (unpaired) electrons. The summed E-state index contributed by atoms with van der Waals surface area (Å²) >= 11 is 0. The number of nitrogens with one attached hydrogen (secondary N) is 1. The van der Waals surface area contributed by atoms with Crippen LogP contribution in [-0.2, 0) is 6.54 Å². The van der Waals surface area contributed by atoms with Crippen LogP contribution in [0, 0.1) is 6.92 Å². The van der Waals surface area contributed by atoms with Gasteiger partial charge in [0.25, 0.3) is 0 Å². The first kappa shape index (κ1) is 8.28. The Kier molecular flexibility index (Phi) is 3.12. The van der Waals surface area contributed by atoms with E-state index in [-0.39, 0.29) is 0 Å². The van der Waals surface area contributed by atoms with Crippen molar-refractivity contribution >= 4 is 0 Å². The van der Waals surface area contributed by atoms with Gasteiger partial charge >= 0.3 is 0 Å². The molecule has 0 amide bonds. The molecule has 0 aliphatic carbocycles. The minimum atomic E-state index is 0.984. The highest BCUT2D eigenvalue weighted by atomic mass is 14.8. The summed E-state index contributed by atoms with van der Waals surface area (Å²) in [5, 5.41) is 3.29. The predicted molar refractivity (Wildman–Crippen MR) is 48.6 cm³/mol. The molecule has 11 heavy (non-hydrogen) atoms. The van der Waals surface area contributed by atoms with Crippen LogP contribution in [0.4, 0.5) is 0 Å². The van der Waals surface area contributed by atoms with Crippen molar-refractivity contribution in [1.29, 1.82) is 0 Å². The Morgan fingerprint density at radius 1 is 1.36 bits per heavy atom. The van der Waals surface area contributed by atoms with Crippen LogP contribution in [0.15, 0.2) is 24.3 Å². The van der Waals surface area contributed by atoms with Gasteiger partial charge in [-0.1, -0.05) is 36.8 Å². The molecule has 1 aromatic rings. The molecule has 0 saturated heterocycles. The number of hydrogen-bond acceptors (Lipinski definition) is 1. The van der Waals surface area contributed by atoms with Crippen molar-refractivity contribution in [2.24, 2.45) is 0 Å². The summed E-state index contributed by atoms with van der Waals surface area (Å²) in [4.78, 5) is 0. The highest BCUT2D eigenvalue weighted by molar-refractivity contribution is 5.21. The minimum absolute atomic E-state index is 0.984. The Bertz CT molecular complexity index is 218. The van der Waals surface area contributed by atoms with E-state index in [0.717, 1.165) is 13.1 Å². The molecule has 60 valence electrons. The average Bonchev–Trinajstić information content (AvgIpc) is 2.01. The summed E-state index contributed by atoms with van der Waals surface area (Å²) in [5.41, 5.74) is 2.70. The number of aryl methyl sites for hydroxylation is 1. The molecule has 1 N–H and O–H groups in total. The second-order valence-electron chi connectivity index (χ2n) is 2.77. The number of hydrogen-bond donors (Lipinski definition) is 1. The lowest BCUT2D eigenvalue weighted by Gasteiger charge is -2.01. The molecule has 0 spiro atoms. The molecule has 1 nitrogen and oxygen atoms in total. The smallest absolute Gasteiger partial charge is 0.0205 e. The Morgan fingerprint density at radius 3 is 2.82 bits per heavy atom. The third-order valence-electron chi connectivity index (χ3n) is 1.66. The van der Waals surface area contributed by atoms with Crippen LogP contribution in [0.2, 0.25) is 0 Å². The van der Waals surface area contributed by atoms with Gasteiger partial charge in [0, 0.05) is 6.54 Å². The zero-order chi connectivity index (χ0) is 8.10. The first-order valence-corrected chi connectivity index (χ1v) is 4.09. The van der Waals surface area contributed by atoms with Crippen LogP contribution in [0.5, 0.6) is 0 Å². The van der Waals surface area contributed by atoms with Gasteiger partial charge in [-0.25, -0.2) is 0 Å². The Balaban J connectivity index is 2.56. The summed E-state index contributed by atoms with van der Waals surface area (Å²) in [5.74, 6) is 0. The van der Waals surface area contributed by atoms with E-state index in [1.165, 1.54) is 11.1 Å². The van der Waals surface area contributed by atoms with Crippen LogP contribution in [0.3, 0.4) is 0 Å². The topological polar surface area (TPSA) is 12.0 Å². The molecule has 1 aromatic carbocycles. The van der Waals surface area contributed by atoms with Crippen molar-refractivity contribution in [2.75, 3.05) is 6.54 Å². The summed E-state index contributed by atoms with van der Waals surface area (Å²) in [7, 11) is 0. The summed E-state index contributed by atoms with van der Waals surface area (Å²) in [6.07, 6.45) is 0. The van der Waals surface area contributed by atoms with Crippen LogP contribution >= 0.6 is 0 Å². The third kappa shape index (κ3) is 2.72. The molecule has 1 rings (SSSR count). The fourth-order valence-electron chi connectivity index (χ4n) is 1.09. The normalized spacial score (nSPS) is 10.0. The second-order valence-corrected chi connectivity index (χ2v) is 2.77. The lowest BCUT2D eigenvalue weighted by atomic mass is 10.1. The zero-order valence-electron chi connectivity index (χ0n) is 7.22. The maximum atomic E-state index is 3.29. The summed E-state index contributed by atoms with van der Waals surface area (Å²) in [6.45, 7) is 6.26. The quantitative estimate of drug-likeness (QED) is 0.694. The van der Waals surface area contributed by atoms with Gasteiger partial charge in [-0.2, -0.15) is 0 Å². The Morgan fingerprint density at radius 2 is 2.18 bits per heavy atom. The Labute approximate surface area is 68.4 Å². The van der Waals surface area contributed by atoms with Gasteiger partial charge in [0.05, 0.1) is 0 Å². The minimum Gasteiger partial charge on any atom is -0.313 e. The fourth-order valence-corrected chi connectivity index (χ4v) is 1.09. The van der Waals surface area contributed by atoms with Gasteiger partial charge in [-0.3, -0.25) is 0 Å². The molecule has 0 unspecified atom stereocenters. The van der Waals surface area contributed by atoms with Crippen molar-refractivity contribution in [1.82, 2.24) is 5.32 Å². The van der Waals surface area contributed by atoms with E-state index in [0.29, 0.717) is 0 Å². The summed E-state index contributed by atoms with van der Waals surface area (Å²) in [6, 6.07) is 8.58. The largest absolute Gasteiger partial charge is 0.313 e. The van der Waals surface area contributed by atoms with Gasteiger partial charge in [-0.15, -0.1) is 0 Å². The van der Waals surface area contributed by atoms with E-state index in [2.05, 4.69) is 43.4 Å². The van der Waals surface area contributed by atoms with Gasteiger partial charge in [0.1, 0.15) is 0 Å². The zero-order valence-corrected chi connectivity index (χ0v) is 7.22. The number of rotatable bonds is 3. The summed E-state index contributed by atoms with van der Waals surface area (Å²) < 4.78 is 0. The molecule has 0 bridgehead atoms. The standard InChI is InChI=1S/C10H15N/c1-3-11-8-10-6-4-5-9(2)7-10/h4-7,11H,3,8H2,1-2H3. The first-order chi connectivity index (χ1) is 5.33. The fraction of sp³-hybridized carbons (Fsp3) is 0.400. The maximum absolute atomic E-state index is 3.29. The molecule has 0 aliphatic heterocycles. The number of benzene rings is 1. The molecule has 0 aliphatic rings. The van der Waals surface area contributed by atoms with Crippen molar-refractivity contribution in [3.63, 3.8) is 0 Å². The van der Waals surface area contributed by atoms with E-state index in [4.69, 9.17) is 0 Å². The average molecular weight is 149 g/mol. The Hall–Kier alpha value is -0.820. The van der Waals surface area contributed by atoms with Crippen LogP contribution < -0.4 is 5.32 Å². The lowest BCUT2D eigenvalue weighted by molar-refractivity contribution is 0.726. The molecule has 0 heterocycles. The van der Waals surface area contributed by atoms with Crippen LogP contribution in [-0.4, -0.2) is 6.54 Å².